The lowest BCUT2D eigenvalue weighted by Crippen LogP contribution is -2.28. The van der Waals surface area contributed by atoms with Crippen LogP contribution in [0.1, 0.15) is 172 Å². The van der Waals surface area contributed by atoms with E-state index in [1.807, 2.05) is 0 Å². The third kappa shape index (κ3) is 15.9. The fourth-order valence-electron chi connectivity index (χ4n) is 5.34. The molecule has 0 aliphatic heterocycles. The van der Waals surface area contributed by atoms with Gasteiger partial charge in [-0.1, -0.05) is 149 Å². The van der Waals surface area contributed by atoms with Crippen molar-refractivity contribution >= 4 is 5.78 Å². The lowest BCUT2D eigenvalue weighted by molar-refractivity contribution is 0.0902. The molecule has 36 heavy (non-hydrogen) atoms. The second-order valence-electron chi connectivity index (χ2n) is 11.2. The Kier molecular flexibility index (Phi) is 21.0. The number of rotatable bonds is 25. The molecule has 0 aliphatic carbocycles. The molecule has 0 heterocycles. The van der Waals surface area contributed by atoms with Crippen molar-refractivity contribution in [1.82, 2.24) is 5.32 Å². The van der Waals surface area contributed by atoms with Crippen molar-refractivity contribution in [3.05, 3.63) is 35.4 Å². The predicted molar refractivity (Wildman–Crippen MR) is 160 cm³/mol. The molecule has 0 fully saturated rings. The first-order chi connectivity index (χ1) is 17.7. The van der Waals surface area contributed by atoms with Crippen LogP contribution in [-0.4, -0.2) is 11.8 Å². The second-order valence-corrected chi connectivity index (χ2v) is 11.2. The third-order valence-electron chi connectivity index (χ3n) is 7.80. The third-order valence-corrected chi connectivity index (χ3v) is 7.80. The van der Waals surface area contributed by atoms with Gasteiger partial charge in [0.15, 0.2) is 5.78 Å². The van der Waals surface area contributed by atoms with E-state index in [-0.39, 0.29) is 5.92 Å². The summed E-state index contributed by atoms with van der Waals surface area (Å²) in [6.07, 6.45) is 25.5. The maximum Gasteiger partial charge on any atom is 0.165 e. The number of hydrogen-bond donors (Lipinski definition) is 1. The molecule has 1 N–H and O–H groups in total. The number of hydrogen-bond acceptors (Lipinski definition) is 2. The van der Waals surface area contributed by atoms with Crippen LogP contribution in [0.15, 0.2) is 24.3 Å². The molecule has 0 radical (unpaired) electrons. The van der Waals surface area contributed by atoms with Crippen LogP contribution in [0.3, 0.4) is 0 Å². The molecule has 2 nitrogen and oxygen atoms in total. The van der Waals surface area contributed by atoms with E-state index in [1.54, 1.807) is 0 Å². The number of unbranched alkanes of at least 4 members (excludes halogenated alkanes) is 12. The normalized spacial score (nSPS) is 13.1. The summed E-state index contributed by atoms with van der Waals surface area (Å²) < 4.78 is 0. The highest BCUT2D eigenvalue weighted by Gasteiger charge is 2.19. The summed E-state index contributed by atoms with van der Waals surface area (Å²) in [5, 5.41) is 3.88. The van der Waals surface area contributed by atoms with Gasteiger partial charge in [-0.25, -0.2) is 0 Å². The first-order valence-electron chi connectivity index (χ1n) is 16.0. The van der Waals surface area contributed by atoms with Gasteiger partial charge in [0, 0.05) is 24.1 Å². The number of nitrogens with one attached hydrogen (secondary N) is 1. The minimum absolute atomic E-state index is 0.198. The molecule has 0 saturated carbocycles. The van der Waals surface area contributed by atoms with E-state index in [1.165, 1.54) is 115 Å². The van der Waals surface area contributed by atoms with E-state index >= 15 is 0 Å². The van der Waals surface area contributed by atoms with Crippen molar-refractivity contribution in [1.29, 1.82) is 0 Å². The number of carbonyl (C=O) groups excluding carboxylic acids is 1. The Morgan fingerprint density at radius 3 is 1.72 bits per heavy atom. The van der Waals surface area contributed by atoms with Crippen molar-refractivity contribution < 1.29 is 4.79 Å². The Labute approximate surface area is 225 Å². The van der Waals surface area contributed by atoms with Gasteiger partial charge < -0.3 is 5.32 Å². The topological polar surface area (TPSA) is 29.1 Å². The largest absolute Gasteiger partial charge is 0.310 e. The minimum atomic E-state index is 0.198. The molecule has 1 rings (SSSR count). The smallest absolute Gasteiger partial charge is 0.165 e. The molecule has 0 bridgehead atoms. The Morgan fingerprint density at radius 2 is 1.14 bits per heavy atom. The summed E-state index contributed by atoms with van der Waals surface area (Å²) in [5.41, 5.74) is 2.20. The molecule has 0 amide bonds. The van der Waals surface area contributed by atoms with Crippen LogP contribution in [0, 0.1) is 5.92 Å². The van der Waals surface area contributed by atoms with Crippen LogP contribution in [0.25, 0.3) is 0 Å². The van der Waals surface area contributed by atoms with E-state index in [4.69, 9.17) is 0 Å². The van der Waals surface area contributed by atoms with Gasteiger partial charge in [0.05, 0.1) is 0 Å². The molecule has 1 aromatic rings. The van der Waals surface area contributed by atoms with Crippen molar-refractivity contribution in [2.24, 2.45) is 5.92 Å². The molecule has 0 spiro atoms. The molecule has 2 unspecified atom stereocenters. The molecule has 1 aromatic carbocycles. The lowest BCUT2D eigenvalue weighted by Gasteiger charge is -2.20. The fraction of sp³-hybridized carbons (Fsp3) is 0.794. The van der Waals surface area contributed by atoms with Crippen molar-refractivity contribution in [2.75, 3.05) is 0 Å². The van der Waals surface area contributed by atoms with Gasteiger partial charge in [0.25, 0.3) is 0 Å². The van der Waals surface area contributed by atoms with Crippen LogP contribution in [0.2, 0.25) is 0 Å². The van der Waals surface area contributed by atoms with Crippen molar-refractivity contribution in [3.8, 4) is 0 Å². The molecule has 2 atom stereocenters. The zero-order valence-corrected chi connectivity index (χ0v) is 24.7. The van der Waals surface area contributed by atoms with E-state index in [0.29, 0.717) is 11.8 Å². The lowest BCUT2D eigenvalue weighted by atomic mass is 9.87. The molecule has 0 saturated heterocycles. The zero-order chi connectivity index (χ0) is 26.3. The van der Waals surface area contributed by atoms with E-state index in [9.17, 15) is 4.79 Å². The van der Waals surface area contributed by atoms with Crippen LogP contribution in [0.4, 0.5) is 0 Å². The quantitative estimate of drug-likeness (QED) is 0.107. The SMILES string of the molecule is CCCCCCCC(CCCCCC)NCc1cccc(C(=O)C(CCCC)CCCCCCC)c1. The monoisotopic (exact) mass is 499 g/mol. The van der Waals surface area contributed by atoms with Gasteiger partial charge in [-0.05, 0) is 37.3 Å². The second kappa shape index (κ2) is 23.0. The van der Waals surface area contributed by atoms with Gasteiger partial charge >= 0.3 is 0 Å². The summed E-state index contributed by atoms with van der Waals surface area (Å²) in [6.45, 7) is 9.95. The first kappa shape index (κ1) is 32.9. The van der Waals surface area contributed by atoms with Crippen molar-refractivity contribution in [3.63, 3.8) is 0 Å². The Morgan fingerprint density at radius 1 is 0.639 bits per heavy atom. The summed E-state index contributed by atoms with van der Waals surface area (Å²) in [6, 6.07) is 9.13. The highest BCUT2D eigenvalue weighted by Crippen LogP contribution is 2.23. The van der Waals surface area contributed by atoms with E-state index in [2.05, 4.69) is 57.3 Å². The number of benzene rings is 1. The van der Waals surface area contributed by atoms with Crippen molar-refractivity contribution in [2.45, 2.75) is 169 Å². The Hall–Kier alpha value is -1.15. The zero-order valence-electron chi connectivity index (χ0n) is 24.7. The fourth-order valence-corrected chi connectivity index (χ4v) is 5.34. The predicted octanol–water partition coefficient (Wildman–Crippen LogP) is 10.8. The average Bonchev–Trinajstić information content (AvgIpc) is 2.90. The Balaban J connectivity index is 2.68. The molecule has 208 valence electrons. The molecule has 0 aromatic heterocycles. The van der Waals surface area contributed by atoms with Gasteiger partial charge in [0.2, 0.25) is 0 Å². The average molecular weight is 500 g/mol. The maximum absolute atomic E-state index is 13.5. The van der Waals surface area contributed by atoms with Crippen LogP contribution >= 0.6 is 0 Å². The Bertz CT molecular complexity index is 640. The van der Waals surface area contributed by atoms with E-state index in [0.717, 1.165) is 31.4 Å². The number of carbonyl (C=O) groups is 1. The molecule has 0 aliphatic rings. The van der Waals surface area contributed by atoms with Crippen LogP contribution in [0.5, 0.6) is 0 Å². The number of Topliss-reactive ketones (excluding diaryl/α,β-unsaturated/α-hetero) is 1. The van der Waals surface area contributed by atoms with Gasteiger partial charge in [-0.15, -0.1) is 0 Å². The standard InChI is InChI=1S/C34H61NO/c1-5-9-13-16-18-24-31(23-12-8-4)34(36)32-25-21-22-30(28-32)29-35-33(26-19-15-11-7-3)27-20-17-14-10-6-2/h21-22,25,28,31,33,35H,5-20,23-24,26-27,29H2,1-4H3. The highest BCUT2D eigenvalue weighted by molar-refractivity contribution is 5.98. The summed E-state index contributed by atoms with van der Waals surface area (Å²) in [4.78, 5) is 13.5. The summed E-state index contributed by atoms with van der Waals surface area (Å²) >= 11 is 0. The maximum atomic E-state index is 13.5. The van der Waals surface area contributed by atoms with Gasteiger partial charge in [-0.2, -0.15) is 0 Å². The summed E-state index contributed by atoms with van der Waals surface area (Å²) in [7, 11) is 0. The minimum Gasteiger partial charge on any atom is -0.310 e. The summed E-state index contributed by atoms with van der Waals surface area (Å²) in [5.74, 6) is 0.581. The van der Waals surface area contributed by atoms with Crippen LogP contribution in [-0.2, 0) is 6.54 Å². The molecular weight excluding hydrogens is 438 g/mol. The molecule has 2 heteroatoms. The van der Waals surface area contributed by atoms with Crippen LogP contribution < -0.4 is 5.32 Å². The van der Waals surface area contributed by atoms with Gasteiger partial charge in [0.1, 0.15) is 0 Å². The highest BCUT2D eigenvalue weighted by atomic mass is 16.1. The van der Waals surface area contributed by atoms with E-state index < -0.39 is 0 Å². The molecular formula is C34H61NO. The van der Waals surface area contributed by atoms with Gasteiger partial charge in [-0.3, -0.25) is 4.79 Å². The number of ketones is 1. The first-order valence-corrected chi connectivity index (χ1v) is 16.0.